The Bertz CT molecular complexity index is 270. The minimum Gasteiger partial charge on any atom is -0.468 e. The average molecular weight is 226 g/mol. The Morgan fingerprint density at radius 2 is 2.12 bits per heavy atom. The number of esters is 1. The van der Waals surface area contributed by atoms with Crippen molar-refractivity contribution in [1.82, 2.24) is 9.80 Å². The fraction of sp³-hybridized carbons (Fsp3) is 0.917. The molecule has 2 aliphatic heterocycles. The third-order valence-corrected chi connectivity index (χ3v) is 4.19. The number of hydrogen-bond donors (Lipinski definition) is 0. The standard InChI is InChI=1S/C12H22N2O2/c1-13-7-4-3-5-12(13)6-8-14(10-12)9-11(15)16-2/h3-10H2,1-2H3. The fourth-order valence-electron chi connectivity index (χ4n) is 3.07. The van der Waals surface area contributed by atoms with E-state index < -0.39 is 0 Å². The van der Waals surface area contributed by atoms with Crippen molar-refractivity contribution in [3.63, 3.8) is 0 Å². The summed E-state index contributed by atoms with van der Waals surface area (Å²) in [6.07, 6.45) is 5.12. The van der Waals surface area contributed by atoms with Crippen LogP contribution in [0.2, 0.25) is 0 Å². The molecule has 0 saturated carbocycles. The molecule has 16 heavy (non-hydrogen) atoms. The molecule has 2 saturated heterocycles. The molecule has 1 unspecified atom stereocenters. The van der Waals surface area contributed by atoms with Gasteiger partial charge in [0.1, 0.15) is 0 Å². The summed E-state index contributed by atoms with van der Waals surface area (Å²) >= 11 is 0. The van der Waals surface area contributed by atoms with Gasteiger partial charge in [-0.2, -0.15) is 0 Å². The molecule has 92 valence electrons. The van der Waals surface area contributed by atoms with Gasteiger partial charge in [0.05, 0.1) is 13.7 Å². The second-order valence-electron chi connectivity index (χ2n) is 5.14. The monoisotopic (exact) mass is 226 g/mol. The Hall–Kier alpha value is -0.610. The summed E-state index contributed by atoms with van der Waals surface area (Å²) in [5.41, 5.74) is 0.340. The number of likely N-dealkylation sites (N-methyl/N-ethyl adjacent to an activating group) is 1. The van der Waals surface area contributed by atoms with Gasteiger partial charge in [0.25, 0.3) is 0 Å². The van der Waals surface area contributed by atoms with E-state index >= 15 is 0 Å². The predicted molar refractivity (Wildman–Crippen MR) is 62.3 cm³/mol. The molecular formula is C12H22N2O2. The van der Waals surface area contributed by atoms with Crippen LogP contribution >= 0.6 is 0 Å². The molecule has 4 heteroatoms. The van der Waals surface area contributed by atoms with Crippen molar-refractivity contribution in [2.75, 3.05) is 40.3 Å². The lowest BCUT2D eigenvalue weighted by molar-refractivity contribution is -0.141. The molecule has 2 heterocycles. The molecule has 0 bridgehead atoms. The van der Waals surface area contributed by atoms with E-state index in [0.29, 0.717) is 12.1 Å². The molecule has 0 aliphatic carbocycles. The van der Waals surface area contributed by atoms with Gasteiger partial charge in [-0.3, -0.25) is 14.6 Å². The second kappa shape index (κ2) is 4.72. The van der Waals surface area contributed by atoms with Crippen LogP contribution in [0.15, 0.2) is 0 Å². The Kier molecular flexibility index (Phi) is 3.50. The van der Waals surface area contributed by atoms with Crippen molar-refractivity contribution in [3.8, 4) is 0 Å². The lowest BCUT2D eigenvalue weighted by atomic mass is 9.86. The minimum absolute atomic E-state index is 0.115. The Morgan fingerprint density at radius 1 is 1.31 bits per heavy atom. The SMILES string of the molecule is COC(=O)CN1CCC2(CCCCN2C)C1. The number of carbonyl (C=O) groups excluding carboxylic acids is 1. The summed E-state index contributed by atoms with van der Waals surface area (Å²) in [5, 5.41) is 0. The first kappa shape index (κ1) is 11.9. The highest BCUT2D eigenvalue weighted by molar-refractivity contribution is 5.71. The van der Waals surface area contributed by atoms with Crippen molar-refractivity contribution in [2.24, 2.45) is 0 Å². The molecule has 0 aromatic rings. The number of rotatable bonds is 2. The van der Waals surface area contributed by atoms with Gasteiger partial charge in [-0.05, 0) is 32.9 Å². The van der Waals surface area contributed by atoms with Gasteiger partial charge in [-0.15, -0.1) is 0 Å². The summed E-state index contributed by atoms with van der Waals surface area (Å²) in [7, 11) is 3.68. The molecule has 0 aromatic heterocycles. The molecule has 4 nitrogen and oxygen atoms in total. The maximum Gasteiger partial charge on any atom is 0.319 e. The van der Waals surface area contributed by atoms with Gasteiger partial charge in [-0.1, -0.05) is 6.42 Å². The van der Waals surface area contributed by atoms with Gasteiger partial charge < -0.3 is 4.74 Å². The number of carbonyl (C=O) groups is 1. The Balaban J connectivity index is 1.93. The first-order valence-corrected chi connectivity index (χ1v) is 6.17. The van der Waals surface area contributed by atoms with Crippen molar-refractivity contribution in [1.29, 1.82) is 0 Å². The summed E-state index contributed by atoms with van der Waals surface area (Å²) < 4.78 is 4.72. The van der Waals surface area contributed by atoms with Gasteiger partial charge in [0, 0.05) is 18.6 Å². The van der Waals surface area contributed by atoms with E-state index in [9.17, 15) is 4.79 Å². The highest BCUT2D eigenvalue weighted by Crippen LogP contribution is 2.35. The molecule has 2 aliphatic rings. The normalized spacial score (nSPS) is 32.1. The number of likely N-dealkylation sites (tertiary alicyclic amines) is 2. The first-order chi connectivity index (χ1) is 7.66. The van der Waals surface area contributed by atoms with Gasteiger partial charge in [0.2, 0.25) is 0 Å². The molecule has 2 fully saturated rings. The number of piperidine rings is 1. The summed E-state index contributed by atoms with van der Waals surface area (Å²) in [5.74, 6) is -0.115. The van der Waals surface area contributed by atoms with Crippen LogP contribution < -0.4 is 0 Å². The molecule has 1 spiro atoms. The van der Waals surface area contributed by atoms with Crippen LogP contribution in [0.5, 0.6) is 0 Å². The fourth-order valence-corrected chi connectivity index (χ4v) is 3.07. The maximum atomic E-state index is 11.2. The lowest BCUT2D eigenvalue weighted by Gasteiger charge is -2.42. The molecule has 0 radical (unpaired) electrons. The zero-order chi connectivity index (χ0) is 11.6. The summed E-state index contributed by atoms with van der Waals surface area (Å²) in [6, 6.07) is 0. The van der Waals surface area contributed by atoms with E-state index in [-0.39, 0.29) is 5.97 Å². The maximum absolute atomic E-state index is 11.2. The number of ether oxygens (including phenoxy) is 1. The molecule has 0 N–H and O–H groups in total. The van der Waals surface area contributed by atoms with Crippen molar-refractivity contribution < 1.29 is 9.53 Å². The lowest BCUT2D eigenvalue weighted by Crippen LogP contribution is -2.51. The van der Waals surface area contributed by atoms with E-state index in [1.807, 2.05) is 0 Å². The van der Waals surface area contributed by atoms with E-state index in [1.54, 1.807) is 0 Å². The minimum atomic E-state index is -0.115. The predicted octanol–water partition coefficient (Wildman–Crippen LogP) is 0.720. The molecule has 1 atom stereocenters. The summed E-state index contributed by atoms with van der Waals surface area (Å²) in [6.45, 7) is 3.70. The van der Waals surface area contributed by atoms with Crippen molar-refractivity contribution in [3.05, 3.63) is 0 Å². The average Bonchev–Trinajstić information content (AvgIpc) is 2.67. The molecular weight excluding hydrogens is 204 g/mol. The topological polar surface area (TPSA) is 32.8 Å². The number of hydrogen-bond acceptors (Lipinski definition) is 4. The second-order valence-corrected chi connectivity index (χ2v) is 5.14. The van der Waals surface area contributed by atoms with Crippen LogP contribution in [0.1, 0.15) is 25.7 Å². The Labute approximate surface area is 97.5 Å². The third-order valence-electron chi connectivity index (χ3n) is 4.19. The van der Waals surface area contributed by atoms with E-state index in [0.717, 1.165) is 13.1 Å². The summed E-state index contributed by atoms with van der Waals surface area (Å²) in [4.78, 5) is 16.0. The third kappa shape index (κ3) is 2.23. The molecule has 2 rings (SSSR count). The quantitative estimate of drug-likeness (QED) is 0.650. The Morgan fingerprint density at radius 3 is 2.81 bits per heavy atom. The first-order valence-electron chi connectivity index (χ1n) is 6.17. The van der Waals surface area contributed by atoms with Crippen LogP contribution in [-0.4, -0.2) is 61.6 Å². The van der Waals surface area contributed by atoms with Crippen LogP contribution in [0, 0.1) is 0 Å². The highest BCUT2D eigenvalue weighted by atomic mass is 16.5. The molecule has 0 amide bonds. The van der Waals surface area contributed by atoms with Crippen LogP contribution in [0.3, 0.4) is 0 Å². The van der Waals surface area contributed by atoms with E-state index in [1.165, 1.54) is 39.3 Å². The zero-order valence-corrected chi connectivity index (χ0v) is 10.4. The number of methoxy groups -OCH3 is 1. The van der Waals surface area contributed by atoms with Gasteiger partial charge in [-0.25, -0.2) is 0 Å². The zero-order valence-electron chi connectivity index (χ0n) is 10.4. The van der Waals surface area contributed by atoms with Crippen molar-refractivity contribution in [2.45, 2.75) is 31.2 Å². The highest BCUT2D eigenvalue weighted by Gasteiger charge is 2.42. The van der Waals surface area contributed by atoms with Crippen LogP contribution in [-0.2, 0) is 9.53 Å². The van der Waals surface area contributed by atoms with E-state index in [2.05, 4.69) is 16.8 Å². The van der Waals surface area contributed by atoms with Gasteiger partial charge in [0.15, 0.2) is 0 Å². The van der Waals surface area contributed by atoms with E-state index in [4.69, 9.17) is 4.74 Å². The smallest absolute Gasteiger partial charge is 0.319 e. The largest absolute Gasteiger partial charge is 0.468 e. The molecule has 0 aromatic carbocycles. The van der Waals surface area contributed by atoms with Gasteiger partial charge >= 0.3 is 5.97 Å². The number of nitrogens with zero attached hydrogens (tertiary/aromatic N) is 2. The van der Waals surface area contributed by atoms with Crippen LogP contribution in [0.4, 0.5) is 0 Å². The van der Waals surface area contributed by atoms with Crippen LogP contribution in [0.25, 0.3) is 0 Å². The van der Waals surface area contributed by atoms with Crippen molar-refractivity contribution >= 4 is 5.97 Å².